The predicted molar refractivity (Wildman–Crippen MR) is 396 cm³/mol. The molecule has 2 unspecified atom stereocenters. The van der Waals surface area contributed by atoms with Crippen LogP contribution in [0.5, 0.6) is 11.5 Å². The lowest BCUT2D eigenvalue weighted by atomic mass is 9.92. The van der Waals surface area contributed by atoms with Crippen molar-refractivity contribution in [3.8, 4) is 11.5 Å². The number of nitrogens with one attached hydrogen (secondary N) is 3. The van der Waals surface area contributed by atoms with Crippen LogP contribution in [-0.4, -0.2) is 198 Å². The van der Waals surface area contributed by atoms with Crippen molar-refractivity contribution in [2.24, 2.45) is 0 Å². The Morgan fingerprint density at radius 1 is 0.477 bits per heavy atom. The van der Waals surface area contributed by atoms with Gasteiger partial charge in [0.05, 0.1) is 67.1 Å². The Labute approximate surface area is 625 Å². The highest BCUT2D eigenvalue weighted by molar-refractivity contribution is 8.00. The number of piperidine rings is 2. The highest BCUT2D eigenvalue weighted by Gasteiger charge is 2.47. The van der Waals surface area contributed by atoms with E-state index in [2.05, 4.69) is 35.6 Å². The molecule has 9 amide bonds. The minimum Gasteiger partial charge on any atom is -0.490 e. The molecular weight excluding hydrogens is 1420 g/mol. The van der Waals surface area contributed by atoms with Gasteiger partial charge >= 0.3 is 0 Å². The molecule has 0 bridgehead atoms. The highest BCUT2D eigenvalue weighted by Crippen LogP contribution is 2.51. The fourth-order valence-corrected chi connectivity index (χ4v) is 17.0. The van der Waals surface area contributed by atoms with Crippen molar-refractivity contribution in [1.29, 1.82) is 0 Å². The number of hydrogen-bond donors (Lipinski definition) is 3. The number of rotatable bonds is 20. The van der Waals surface area contributed by atoms with Crippen LogP contribution >= 0.6 is 23.5 Å². The van der Waals surface area contributed by atoms with Gasteiger partial charge in [0.25, 0.3) is 35.0 Å². The number of non-ortho nitro benzene ring substituents is 2. The van der Waals surface area contributed by atoms with Gasteiger partial charge in [-0.25, -0.2) is 0 Å². The zero-order valence-electron chi connectivity index (χ0n) is 57.2. The number of benzene rings is 6. The van der Waals surface area contributed by atoms with E-state index in [9.17, 15) is 63.4 Å². The second kappa shape index (κ2) is 31.6. The van der Waals surface area contributed by atoms with Crippen molar-refractivity contribution in [2.45, 2.75) is 142 Å². The summed E-state index contributed by atoms with van der Waals surface area (Å²) in [6.45, 7) is 11.1. The lowest BCUT2D eigenvalue weighted by Crippen LogP contribution is -2.54. The lowest BCUT2D eigenvalue weighted by molar-refractivity contribution is -0.385. The number of imide groups is 4. The van der Waals surface area contributed by atoms with Crippen LogP contribution in [0.4, 0.5) is 45.5 Å². The van der Waals surface area contributed by atoms with Gasteiger partial charge in [-0.2, -0.15) is 0 Å². The van der Waals surface area contributed by atoms with E-state index in [1.807, 2.05) is 48.5 Å². The fraction of sp³-hybridized carbons (Fsp3) is 0.408. The maximum Gasteiger partial charge on any atom is 0.270 e. The number of piperazine rings is 2. The molecule has 8 aliphatic heterocycles. The summed E-state index contributed by atoms with van der Waals surface area (Å²) in [5, 5.41) is 30.3. The zero-order valence-corrected chi connectivity index (χ0v) is 58.8. The minimum atomic E-state index is -0.983. The summed E-state index contributed by atoms with van der Waals surface area (Å²) >= 11 is 2.87. The molecule has 2 atom stereocenters. The van der Waals surface area contributed by atoms with E-state index in [0.717, 1.165) is 163 Å². The van der Waals surface area contributed by atoms with Crippen LogP contribution in [0.3, 0.4) is 0 Å². The third-order valence-corrected chi connectivity index (χ3v) is 22.9. The molecule has 0 radical (unpaired) electrons. The third kappa shape index (κ3) is 15.6. The largest absolute Gasteiger partial charge is 0.490 e. The fourth-order valence-electron chi connectivity index (χ4n) is 14.9. The topological polar surface area (TPSA) is 336 Å². The number of nitro benzene ring substituents is 2. The first-order chi connectivity index (χ1) is 50.7. The quantitative estimate of drug-likeness (QED) is 0.0276. The smallest absolute Gasteiger partial charge is 0.270 e. The highest BCUT2D eigenvalue weighted by atomic mass is 32.2. The van der Waals surface area contributed by atoms with Gasteiger partial charge in [0, 0.05) is 179 Å². The summed E-state index contributed by atoms with van der Waals surface area (Å²) in [6, 6.07) is 29.4. The number of anilines is 6. The number of nitrogens with zero attached hydrogens (tertiary/aromatic N) is 9. The maximum atomic E-state index is 13.2. The van der Waals surface area contributed by atoms with Crippen molar-refractivity contribution >= 4 is 122 Å². The second-order valence-electron chi connectivity index (χ2n) is 27.4. The van der Waals surface area contributed by atoms with Gasteiger partial charge in [0.1, 0.15) is 35.8 Å². The number of ether oxygens (including phenoxy) is 4. The van der Waals surface area contributed by atoms with Gasteiger partial charge in [-0.15, -0.1) is 0 Å². The van der Waals surface area contributed by atoms with Gasteiger partial charge in [0.2, 0.25) is 29.5 Å². The van der Waals surface area contributed by atoms with Crippen molar-refractivity contribution in [3.63, 3.8) is 0 Å². The van der Waals surface area contributed by atoms with Crippen LogP contribution < -0.4 is 40.1 Å². The Bertz CT molecular complexity index is 4590. The summed E-state index contributed by atoms with van der Waals surface area (Å²) in [4.78, 5) is 151. The Hall–Kier alpha value is -10.3. The Morgan fingerprint density at radius 3 is 1.35 bits per heavy atom. The molecule has 3 N–H and O–H groups in total. The number of carbonyl (C=O) groups excluding carboxylic acids is 9. The van der Waals surface area contributed by atoms with E-state index in [4.69, 9.17) is 18.9 Å². The Balaban J connectivity index is 0.000000186. The summed E-state index contributed by atoms with van der Waals surface area (Å²) in [5.74, 6) is -2.76. The molecule has 6 fully saturated rings. The van der Waals surface area contributed by atoms with Crippen molar-refractivity contribution in [3.05, 3.63) is 152 Å². The summed E-state index contributed by atoms with van der Waals surface area (Å²) < 4.78 is 24.7. The molecule has 0 spiro atoms. The van der Waals surface area contributed by atoms with Crippen molar-refractivity contribution < 1.29 is 71.9 Å². The molecule has 31 heteroatoms. The molecule has 0 aromatic heterocycles. The first-order valence-electron chi connectivity index (χ1n) is 35.2. The van der Waals surface area contributed by atoms with Crippen LogP contribution in [0.25, 0.3) is 0 Å². The third-order valence-electron chi connectivity index (χ3n) is 20.7. The number of nitro groups is 2. The van der Waals surface area contributed by atoms with Gasteiger partial charge in [0.15, 0.2) is 0 Å². The van der Waals surface area contributed by atoms with Crippen LogP contribution in [-0.2, 0) is 33.4 Å². The van der Waals surface area contributed by atoms with E-state index >= 15 is 0 Å². The Morgan fingerprint density at radius 2 is 0.879 bits per heavy atom. The standard InChI is InChI=1S/C38H38N6O9S.C36H36N6O8S.2CH4/c1-22(45)42-30-7-4-24(44(50)51)18-33(30)54-34-21-25(5-8-31(34)42)53-27-19-26(20-27)52-16-2-11-40-12-14-41(15-13-40)23-3-6-28-29(17-23)38(49)43(37(28)48)32-9-10-35(46)39-36(32)47;43-33-9-8-30(34(44)38-33)41-35(45)26-5-2-21(16-27(26)36(41)46)40-13-11-39(12-14-40)10-1-15-49-24-18-25(19-24)50-23-4-7-29-32(20-23)51-31-17-22(42(47)48)3-6-28(31)37-29;;/h3-8,17-18,21,26-27,32H,2,9-16,19-20H2,1H3,(H,39,46,47);2-7,16-17,20,24-25,30,37H,1,8-15,18-19H2,(H,38,43,44);2*1H4. The monoisotopic (exact) mass is 1500 g/mol. The van der Waals surface area contributed by atoms with Gasteiger partial charge in [-0.3, -0.25) is 98.5 Å². The minimum absolute atomic E-state index is 0. The van der Waals surface area contributed by atoms with E-state index in [0.29, 0.717) is 35.1 Å². The first-order valence-corrected chi connectivity index (χ1v) is 36.9. The number of carbonyl (C=O) groups is 9. The van der Waals surface area contributed by atoms with E-state index in [1.54, 1.807) is 47.4 Å². The van der Waals surface area contributed by atoms with E-state index in [-0.39, 0.29) is 104 Å². The summed E-state index contributed by atoms with van der Waals surface area (Å²) in [5.41, 5.74) is 6.04. The van der Waals surface area contributed by atoms with Crippen molar-refractivity contribution in [1.82, 2.24) is 30.2 Å². The molecule has 107 heavy (non-hydrogen) atoms. The number of amides is 9. The molecule has 10 aliphatic rings. The lowest BCUT2D eigenvalue weighted by Gasteiger charge is -2.37. The molecule has 560 valence electrons. The molecule has 4 saturated heterocycles. The molecular formula is C76H82N12O17S2. The van der Waals surface area contributed by atoms with Gasteiger partial charge in [-0.05, 0) is 111 Å². The summed E-state index contributed by atoms with van der Waals surface area (Å²) in [7, 11) is 0. The molecule has 16 rings (SSSR count). The average molecular weight is 1500 g/mol. The van der Waals surface area contributed by atoms with Gasteiger partial charge in [-0.1, -0.05) is 38.4 Å². The zero-order chi connectivity index (χ0) is 72.9. The molecule has 2 aliphatic carbocycles. The second-order valence-corrected chi connectivity index (χ2v) is 29.6. The van der Waals surface area contributed by atoms with E-state index < -0.39 is 64.3 Å². The van der Waals surface area contributed by atoms with Crippen LogP contribution in [0.2, 0.25) is 0 Å². The number of fused-ring (bicyclic) bond motifs is 6. The molecule has 6 aromatic rings. The first kappa shape index (κ1) is 74.9. The van der Waals surface area contributed by atoms with Crippen LogP contribution in [0, 0.1) is 20.2 Å². The van der Waals surface area contributed by atoms with Crippen molar-refractivity contribution in [2.75, 3.05) is 98.7 Å². The number of hydrogen-bond acceptors (Lipinski definition) is 24. The average Bonchev–Trinajstić information content (AvgIpc) is 1.68. The van der Waals surface area contributed by atoms with Gasteiger partial charge < -0.3 is 34.1 Å². The van der Waals surface area contributed by atoms with E-state index in [1.165, 1.54) is 48.6 Å². The molecule has 2 saturated carbocycles. The summed E-state index contributed by atoms with van der Waals surface area (Å²) in [6.07, 6.45) is 5.85. The molecule has 29 nitrogen and oxygen atoms in total. The SMILES string of the molecule is C.C.CC(=O)N1c2ccc(OC3CC(OCCCN4CCN(c5ccc6c(c5)C(=O)N(C5CCC(=O)NC5=O)C6=O)CC4)C3)cc2Sc2cc([N+](=O)[O-])ccc21.O=C1CCC(N2C(=O)c3ccc(N4CCN(CCCOC5CC(Oc6ccc7c(c6)Sc6cc([N+](=O)[O-])ccc6N7)C5)CC4)cc3C2=O)C(=O)N1. The molecule has 6 aromatic carbocycles. The normalized spacial score (nSPS) is 22.1. The van der Waals surface area contributed by atoms with Crippen LogP contribution in [0.1, 0.15) is 127 Å². The predicted octanol–water partition coefficient (Wildman–Crippen LogP) is 9.90. The Kier molecular flexibility index (Phi) is 22.2. The molecule has 8 heterocycles. The maximum absolute atomic E-state index is 13.2. The van der Waals surface area contributed by atoms with Crippen LogP contribution in [0.15, 0.2) is 129 Å².